The number of carbonyl (C=O) groups is 1. The van der Waals surface area contributed by atoms with Gasteiger partial charge in [-0.25, -0.2) is 4.98 Å². The van der Waals surface area contributed by atoms with E-state index in [9.17, 15) is 4.79 Å². The first-order valence-electron chi connectivity index (χ1n) is 6.97. The van der Waals surface area contributed by atoms with Gasteiger partial charge in [0.25, 0.3) is 0 Å². The zero-order valence-corrected chi connectivity index (χ0v) is 12.2. The summed E-state index contributed by atoms with van der Waals surface area (Å²) < 4.78 is 10.7. The smallest absolute Gasteiger partial charge is 0.308 e. The quantitative estimate of drug-likeness (QED) is 0.543. The maximum atomic E-state index is 10.9. The van der Waals surface area contributed by atoms with Crippen LogP contribution in [0.5, 0.6) is 11.5 Å². The number of hydrogen-bond acceptors (Lipinski definition) is 4. The Kier molecular flexibility index (Phi) is 4.01. The molecule has 1 aromatic heterocycles. The van der Waals surface area contributed by atoms with Crippen LogP contribution in [0.3, 0.4) is 0 Å². The number of aromatic nitrogens is 1. The van der Waals surface area contributed by atoms with Gasteiger partial charge in [-0.2, -0.15) is 0 Å². The van der Waals surface area contributed by atoms with Gasteiger partial charge in [0.05, 0.1) is 11.2 Å². The van der Waals surface area contributed by atoms with Gasteiger partial charge in [-0.15, -0.1) is 0 Å². The molecule has 4 nitrogen and oxygen atoms in total. The first-order valence-corrected chi connectivity index (χ1v) is 6.97. The lowest BCUT2D eigenvalue weighted by atomic mass is 10.2. The number of para-hydroxylation sites is 1. The fourth-order valence-corrected chi connectivity index (χ4v) is 2.12. The molecule has 0 radical (unpaired) electrons. The fraction of sp³-hybridized carbons (Fsp3) is 0.111. The van der Waals surface area contributed by atoms with Gasteiger partial charge < -0.3 is 9.47 Å². The van der Waals surface area contributed by atoms with Crippen LogP contribution in [0.25, 0.3) is 10.9 Å². The molecule has 0 aliphatic heterocycles. The molecule has 0 aliphatic rings. The third-order valence-electron chi connectivity index (χ3n) is 3.13. The Morgan fingerprint density at radius 3 is 2.45 bits per heavy atom. The maximum absolute atomic E-state index is 10.9. The summed E-state index contributed by atoms with van der Waals surface area (Å²) in [5.41, 5.74) is 1.82. The second-order valence-corrected chi connectivity index (χ2v) is 4.85. The first-order chi connectivity index (χ1) is 10.7. The van der Waals surface area contributed by atoms with E-state index in [-0.39, 0.29) is 5.97 Å². The van der Waals surface area contributed by atoms with Gasteiger partial charge in [0.15, 0.2) is 0 Å². The molecule has 110 valence electrons. The van der Waals surface area contributed by atoms with Crippen molar-refractivity contribution in [2.24, 2.45) is 0 Å². The highest BCUT2D eigenvalue weighted by molar-refractivity contribution is 5.78. The minimum absolute atomic E-state index is 0.339. The van der Waals surface area contributed by atoms with Crippen molar-refractivity contribution in [3.8, 4) is 11.5 Å². The average Bonchev–Trinajstić information content (AvgIpc) is 2.53. The van der Waals surface area contributed by atoms with Crippen molar-refractivity contribution < 1.29 is 14.3 Å². The summed E-state index contributed by atoms with van der Waals surface area (Å²) in [6, 6.07) is 18.9. The number of rotatable bonds is 4. The molecule has 0 spiro atoms. The largest absolute Gasteiger partial charge is 0.487 e. The van der Waals surface area contributed by atoms with E-state index in [1.807, 2.05) is 36.4 Å². The number of esters is 1. The molecule has 0 saturated carbocycles. The summed E-state index contributed by atoms with van der Waals surface area (Å²) in [4.78, 5) is 15.4. The van der Waals surface area contributed by atoms with Gasteiger partial charge in [0.1, 0.15) is 18.1 Å². The van der Waals surface area contributed by atoms with E-state index in [2.05, 4.69) is 4.98 Å². The number of hydrogen-bond donors (Lipinski definition) is 0. The molecule has 3 aromatic rings. The molecule has 0 saturated heterocycles. The molecular formula is C18H15NO3. The lowest BCUT2D eigenvalue weighted by molar-refractivity contribution is -0.131. The summed E-state index contributed by atoms with van der Waals surface area (Å²) in [6.07, 6.45) is 0. The minimum atomic E-state index is -0.339. The Balaban J connectivity index is 1.67. The molecule has 0 bridgehead atoms. The van der Waals surface area contributed by atoms with E-state index in [0.29, 0.717) is 18.1 Å². The van der Waals surface area contributed by atoms with Crippen molar-refractivity contribution in [2.75, 3.05) is 0 Å². The third-order valence-corrected chi connectivity index (χ3v) is 3.13. The minimum Gasteiger partial charge on any atom is -0.487 e. The molecule has 2 aromatic carbocycles. The predicted molar refractivity (Wildman–Crippen MR) is 83.8 cm³/mol. The molecule has 4 heteroatoms. The zero-order chi connectivity index (χ0) is 15.4. The van der Waals surface area contributed by atoms with Crippen LogP contribution >= 0.6 is 0 Å². The Morgan fingerprint density at radius 1 is 0.955 bits per heavy atom. The van der Waals surface area contributed by atoms with Crippen molar-refractivity contribution in [3.05, 3.63) is 66.4 Å². The van der Waals surface area contributed by atoms with E-state index >= 15 is 0 Å². The van der Waals surface area contributed by atoms with Crippen molar-refractivity contribution in [1.29, 1.82) is 0 Å². The maximum Gasteiger partial charge on any atom is 0.308 e. The molecule has 0 fully saturated rings. The van der Waals surface area contributed by atoms with E-state index in [1.54, 1.807) is 24.3 Å². The molecule has 0 amide bonds. The second kappa shape index (κ2) is 6.26. The van der Waals surface area contributed by atoms with E-state index in [4.69, 9.17) is 9.47 Å². The molecule has 3 rings (SSSR count). The lowest BCUT2D eigenvalue weighted by Crippen LogP contribution is -2.01. The molecule has 0 N–H and O–H groups in total. The average molecular weight is 293 g/mol. The van der Waals surface area contributed by atoms with Crippen LogP contribution in [0.4, 0.5) is 0 Å². The van der Waals surface area contributed by atoms with Crippen LogP contribution in [-0.4, -0.2) is 11.0 Å². The standard InChI is InChI=1S/C18H15NO3/c1-13(20)22-17-10-8-16(9-11-17)21-12-15-7-6-14-4-2-3-5-18(14)19-15/h2-11H,12H2,1H3. The van der Waals surface area contributed by atoms with E-state index in [1.165, 1.54) is 6.92 Å². The number of pyridine rings is 1. The molecular weight excluding hydrogens is 278 g/mol. The summed E-state index contributed by atoms with van der Waals surface area (Å²) in [7, 11) is 0. The van der Waals surface area contributed by atoms with Crippen molar-refractivity contribution in [2.45, 2.75) is 13.5 Å². The second-order valence-electron chi connectivity index (χ2n) is 4.85. The fourth-order valence-electron chi connectivity index (χ4n) is 2.12. The van der Waals surface area contributed by atoms with Gasteiger partial charge in [-0.05, 0) is 36.4 Å². The van der Waals surface area contributed by atoms with Gasteiger partial charge in [0.2, 0.25) is 0 Å². The molecule has 22 heavy (non-hydrogen) atoms. The number of carbonyl (C=O) groups excluding carboxylic acids is 1. The predicted octanol–water partition coefficient (Wildman–Crippen LogP) is 3.74. The van der Waals surface area contributed by atoms with Crippen molar-refractivity contribution in [1.82, 2.24) is 4.98 Å². The summed E-state index contributed by atoms with van der Waals surface area (Å²) in [5, 5.41) is 1.11. The summed E-state index contributed by atoms with van der Waals surface area (Å²) in [5.74, 6) is 0.864. The van der Waals surface area contributed by atoms with Crippen LogP contribution in [-0.2, 0) is 11.4 Å². The highest BCUT2D eigenvalue weighted by atomic mass is 16.5. The molecule has 0 atom stereocenters. The van der Waals surface area contributed by atoms with Gasteiger partial charge in [-0.3, -0.25) is 4.79 Å². The highest BCUT2D eigenvalue weighted by Gasteiger charge is 2.01. The summed E-state index contributed by atoms with van der Waals surface area (Å²) >= 11 is 0. The van der Waals surface area contributed by atoms with Gasteiger partial charge in [-0.1, -0.05) is 24.3 Å². The lowest BCUT2D eigenvalue weighted by Gasteiger charge is -2.07. The third kappa shape index (κ3) is 3.41. The monoisotopic (exact) mass is 293 g/mol. The van der Waals surface area contributed by atoms with Crippen LogP contribution in [0.1, 0.15) is 12.6 Å². The van der Waals surface area contributed by atoms with Crippen LogP contribution in [0, 0.1) is 0 Å². The normalized spacial score (nSPS) is 10.4. The summed E-state index contributed by atoms with van der Waals surface area (Å²) in [6.45, 7) is 1.76. The zero-order valence-electron chi connectivity index (χ0n) is 12.2. The molecule has 1 heterocycles. The van der Waals surface area contributed by atoms with E-state index in [0.717, 1.165) is 16.6 Å². The van der Waals surface area contributed by atoms with Gasteiger partial charge >= 0.3 is 5.97 Å². The van der Waals surface area contributed by atoms with Crippen molar-refractivity contribution >= 4 is 16.9 Å². The van der Waals surface area contributed by atoms with Crippen LogP contribution in [0.2, 0.25) is 0 Å². The highest BCUT2D eigenvalue weighted by Crippen LogP contribution is 2.19. The first kappa shape index (κ1) is 14.1. The van der Waals surface area contributed by atoms with E-state index < -0.39 is 0 Å². The van der Waals surface area contributed by atoms with Crippen LogP contribution in [0.15, 0.2) is 60.7 Å². The Morgan fingerprint density at radius 2 is 1.68 bits per heavy atom. The topological polar surface area (TPSA) is 48.4 Å². The Bertz CT molecular complexity index is 797. The SMILES string of the molecule is CC(=O)Oc1ccc(OCc2ccc3ccccc3n2)cc1. The number of fused-ring (bicyclic) bond motifs is 1. The number of nitrogens with zero attached hydrogens (tertiary/aromatic N) is 1. The Labute approximate surface area is 128 Å². The number of ether oxygens (including phenoxy) is 2. The Hall–Kier alpha value is -2.88. The molecule has 0 aliphatic carbocycles. The van der Waals surface area contributed by atoms with Crippen molar-refractivity contribution in [3.63, 3.8) is 0 Å². The number of benzene rings is 2. The molecule has 0 unspecified atom stereocenters. The van der Waals surface area contributed by atoms with Crippen LogP contribution < -0.4 is 9.47 Å². The van der Waals surface area contributed by atoms with Gasteiger partial charge in [0, 0.05) is 12.3 Å².